The van der Waals surface area contributed by atoms with Crippen molar-refractivity contribution >= 4 is 5.97 Å². The summed E-state index contributed by atoms with van der Waals surface area (Å²) in [4.78, 5) is 9.87. The number of carbonyl (C=O) groups is 1. The first-order valence-corrected chi connectivity index (χ1v) is 8.68. The average Bonchev–Trinajstić information content (AvgIpc) is 2.53. The van der Waals surface area contributed by atoms with E-state index in [2.05, 4.69) is 12.2 Å². The van der Waals surface area contributed by atoms with E-state index in [0.29, 0.717) is 24.1 Å². The molecule has 1 aromatic rings. The van der Waals surface area contributed by atoms with Crippen LogP contribution in [0.1, 0.15) is 70.6 Å². The summed E-state index contributed by atoms with van der Waals surface area (Å²) in [6.45, 7) is 8.32. The highest BCUT2D eigenvalue weighted by Crippen LogP contribution is 2.22. The molecule has 5 N–H and O–H groups in total. The number of hydrogen-bond donors (Lipinski definition) is 5. The fraction of sp³-hybridized carbons (Fsp3) is 0.632. The summed E-state index contributed by atoms with van der Waals surface area (Å²) in [5.74, 6) is -0.634. The summed E-state index contributed by atoms with van der Waals surface area (Å²) in [5, 5.41) is 39.8. The summed E-state index contributed by atoms with van der Waals surface area (Å²) < 4.78 is 0. The average molecular weight is 355 g/mol. The standard InChI is InChI=1S/C13H21NO3.C6H12O2/c1-13(2,3)14-7-12(17)9-4-5-11(16)10(6-9)8-15;1-2-3-4-5-6(7)8/h4-6,12,14-17H,7-8H2,1-3H3;2-5H2,1H3,(H,7,8)/t12-;/m0./s1. The zero-order valence-electron chi connectivity index (χ0n) is 15.7. The van der Waals surface area contributed by atoms with Gasteiger partial charge in [0.15, 0.2) is 0 Å². The smallest absolute Gasteiger partial charge is 0.303 e. The number of rotatable bonds is 8. The molecule has 0 aromatic heterocycles. The lowest BCUT2D eigenvalue weighted by atomic mass is 10.0. The molecule has 0 fully saturated rings. The minimum atomic E-state index is -0.682. The van der Waals surface area contributed by atoms with Crippen LogP contribution in [0.25, 0.3) is 0 Å². The van der Waals surface area contributed by atoms with Gasteiger partial charge in [0, 0.05) is 24.1 Å². The molecule has 25 heavy (non-hydrogen) atoms. The molecule has 6 nitrogen and oxygen atoms in total. The highest BCUT2D eigenvalue weighted by Gasteiger charge is 2.14. The number of β-amino-alcohol motifs (C(OH)–C–C–N with tert-alkyl or cyclic N) is 1. The van der Waals surface area contributed by atoms with Crippen molar-refractivity contribution in [2.24, 2.45) is 0 Å². The van der Waals surface area contributed by atoms with E-state index in [0.717, 1.165) is 19.3 Å². The second-order valence-electron chi connectivity index (χ2n) is 7.04. The Labute approximate surface area is 150 Å². The predicted molar refractivity (Wildman–Crippen MR) is 98.5 cm³/mol. The molecule has 1 aromatic carbocycles. The third-order valence-electron chi connectivity index (χ3n) is 3.48. The van der Waals surface area contributed by atoms with E-state index in [1.165, 1.54) is 6.07 Å². The number of nitrogens with one attached hydrogen (secondary N) is 1. The quantitative estimate of drug-likeness (QED) is 0.459. The van der Waals surface area contributed by atoms with Gasteiger partial charge >= 0.3 is 5.97 Å². The van der Waals surface area contributed by atoms with Crippen molar-refractivity contribution in [2.75, 3.05) is 6.54 Å². The maximum atomic E-state index is 9.97. The van der Waals surface area contributed by atoms with Crippen molar-refractivity contribution in [3.05, 3.63) is 29.3 Å². The van der Waals surface area contributed by atoms with Crippen LogP contribution >= 0.6 is 0 Å². The Morgan fingerprint density at radius 1 is 1.24 bits per heavy atom. The zero-order valence-corrected chi connectivity index (χ0v) is 15.7. The van der Waals surface area contributed by atoms with Gasteiger partial charge in [0.25, 0.3) is 0 Å². The van der Waals surface area contributed by atoms with Gasteiger partial charge in [0.05, 0.1) is 12.7 Å². The Morgan fingerprint density at radius 3 is 2.36 bits per heavy atom. The maximum Gasteiger partial charge on any atom is 0.303 e. The Bertz CT molecular complexity index is 511. The van der Waals surface area contributed by atoms with Crippen LogP contribution in [0, 0.1) is 0 Å². The fourth-order valence-corrected chi connectivity index (χ4v) is 1.99. The number of aliphatic hydroxyl groups is 2. The number of aliphatic carboxylic acids is 1. The largest absolute Gasteiger partial charge is 0.508 e. The van der Waals surface area contributed by atoms with Crippen molar-refractivity contribution in [2.45, 2.75) is 71.6 Å². The number of benzene rings is 1. The molecule has 0 saturated heterocycles. The van der Waals surface area contributed by atoms with Crippen LogP contribution in [0.2, 0.25) is 0 Å². The van der Waals surface area contributed by atoms with Crippen molar-refractivity contribution in [3.63, 3.8) is 0 Å². The van der Waals surface area contributed by atoms with Gasteiger partial charge in [-0.25, -0.2) is 0 Å². The third kappa shape index (κ3) is 11.5. The first-order valence-electron chi connectivity index (χ1n) is 8.68. The second kappa shape index (κ2) is 11.8. The number of phenols is 1. The molecule has 1 atom stereocenters. The molecule has 0 aliphatic heterocycles. The molecule has 0 radical (unpaired) electrons. The van der Waals surface area contributed by atoms with Crippen LogP contribution in [-0.4, -0.2) is 38.5 Å². The topological polar surface area (TPSA) is 110 Å². The van der Waals surface area contributed by atoms with Gasteiger partial charge in [0.2, 0.25) is 0 Å². The summed E-state index contributed by atoms with van der Waals surface area (Å²) in [6.07, 6.45) is 2.62. The van der Waals surface area contributed by atoms with E-state index in [-0.39, 0.29) is 17.9 Å². The van der Waals surface area contributed by atoms with E-state index in [1.807, 2.05) is 20.8 Å². The van der Waals surface area contributed by atoms with Gasteiger partial charge in [0.1, 0.15) is 5.75 Å². The van der Waals surface area contributed by atoms with E-state index in [1.54, 1.807) is 12.1 Å². The number of aliphatic hydroxyl groups excluding tert-OH is 2. The van der Waals surface area contributed by atoms with Gasteiger partial charge in [-0.15, -0.1) is 0 Å². The van der Waals surface area contributed by atoms with Crippen molar-refractivity contribution in [3.8, 4) is 5.75 Å². The van der Waals surface area contributed by atoms with Crippen LogP contribution in [-0.2, 0) is 11.4 Å². The molecule has 1 rings (SSSR count). The van der Waals surface area contributed by atoms with Crippen LogP contribution in [0.5, 0.6) is 5.75 Å². The second-order valence-corrected chi connectivity index (χ2v) is 7.04. The molecular weight excluding hydrogens is 322 g/mol. The SMILES string of the molecule is CC(C)(C)NC[C@H](O)c1ccc(O)c(CO)c1.CCCCCC(=O)O. The monoisotopic (exact) mass is 355 g/mol. The summed E-state index contributed by atoms with van der Waals surface area (Å²) >= 11 is 0. The molecule has 0 heterocycles. The highest BCUT2D eigenvalue weighted by atomic mass is 16.4. The molecular formula is C19H33NO5. The fourth-order valence-electron chi connectivity index (χ4n) is 1.99. The van der Waals surface area contributed by atoms with Crippen LogP contribution in [0.3, 0.4) is 0 Å². The molecule has 6 heteroatoms. The normalized spacial score (nSPS) is 12.2. The highest BCUT2D eigenvalue weighted by molar-refractivity contribution is 5.66. The predicted octanol–water partition coefficient (Wildman–Crippen LogP) is 2.96. The number of carboxylic acid groups (broad SMARTS) is 1. The van der Waals surface area contributed by atoms with Crippen molar-refractivity contribution in [1.29, 1.82) is 0 Å². The van der Waals surface area contributed by atoms with E-state index >= 15 is 0 Å². The van der Waals surface area contributed by atoms with Crippen molar-refractivity contribution in [1.82, 2.24) is 5.32 Å². The van der Waals surface area contributed by atoms with Crippen LogP contribution < -0.4 is 5.32 Å². The molecule has 144 valence electrons. The van der Waals surface area contributed by atoms with Crippen molar-refractivity contribution < 1.29 is 25.2 Å². The molecule has 0 unspecified atom stereocenters. The Hall–Kier alpha value is -1.63. The van der Waals surface area contributed by atoms with Gasteiger partial charge in [-0.2, -0.15) is 0 Å². The number of aromatic hydroxyl groups is 1. The lowest BCUT2D eigenvalue weighted by Crippen LogP contribution is -2.38. The summed E-state index contributed by atoms with van der Waals surface area (Å²) in [7, 11) is 0. The van der Waals surface area contributed by atoms with Gasteiger partial charge in [-0.1, -0.05) is 25.8 Å². The first kappa shape index (κ1) is 23.4. The molecule has 0 aliphatic carbocycles. The zero-order chi connectivity index (χ0) is 19.5. The first-order chi connectivity index (χ1) is 11.6. The lowest BCUT2D eigenvalue weighted by molar-refractivity contribution is -0.137. The number of carboxylic acids is 1. The van der Waals surface area contributed by atoms with E-state index < -0.39 is 12.1 Å². The Morgan fingerprint density at radius 2 is 1.88 bits per heavy atom. The third-order valence-corrected chi connectivity index (χ3v) is 3.48. The molecule has 0 aliphatic rings. The van der Waals surface area contributed by atoms with Crippen LogP contribution in [0.15, 0.2) is 18.2 Å². The summed E-state index contributed by atoms with van der Waals surface area (Å²) in [6, 6.07) is 4.76. The van der Waals surface area contributed by atoms with Gasteiger partial charge < -0.3 is 25.7 Å². The Balaban J connectivity index is 0.000000609. The van der Waals surface area contributed by atoms with E-state index in [4.69, 9.17) is 10.2 Å². The van der Waals surface area contributed by atoms with Gasteiger partial charge in [-0.05, 0) is 44.9 Å². The molecule has 0 spiro atoms. The van der Waals surface area contributed by atoms with Crippen LogP contribution in [0.4, 0.5) is 0 Å². The lowest BCUT2D eigenvalue weighted by Gasteiger charge is -2.23. The molecule has 0 bridgehead atoms. The Kier molecular flexibility index (Phi) is 11.1. The molecule has 0 saturated carbocycles. The number of hydrogen-bond acceptors (Lipinski definition) is 5. The van der Waals surface area contributed by atoms with E-state index in [9.17, 15) is 15.0 Å². The van der Waals surface area contributed by atoms with Gasteiger partial charge in [-0.3, -0.25) is 4.79 Å². The maximum absolute atomic E-state index is 9.97. The minimum Gasteiger partial charge on any atom is -0.508 e. The summed E-state index contributed by atoms with van der Waals surface area (Å²) in [5.41, 5.74) is 1.05. The molecule has 0 amide bonds. The minimum absolute atomic E-state index is 0.0484. The number of unbranched alkanes of at least 4 members (excludes halogenated alkanes) is 2.